The topological polar surface area (TPSA) is 55.1 Å². The van der Waals surface area contributed by atoms with E-state index in [1.54, 1.807) is 0 Å². The van der Waals surface area contributed by atoms with Crippen LogP contribution in [0.3, 0.4) is 0 Å². The molecule has 0 spiro atoms. The molecule has 130 valence electrons. The van der Waals surface area contributed by atoms with Crippen molar-refractivity contribution >= 4 is 23.2 Å². The van der Waals surface area contributed by atoms with Crippen LogP contribution < -0.4 is 5.32 Å². The summed E-state index contributed by atoms with van der Waals surface area (Å²) >= 11 is 6.20. The fourth-order valence-corrected chi connectivity index (χ4v) is 3.14. The number of rotatable bonds is 4. The van der Waals surface area contributed by atoms with Crippen LogP contribution in [0.2, 0.25) is 5.15 Å². The highest BCUT2D eigenvalue weighted by molar-refractivity contribution is 6.33. The van der Waals surface area contributed by atoms with E-state index in [9.17, 15) is 13.2 Å². The minimum absolute atomic E-state index is 0.0119. The number of anilines is 1. The minimum atomic E-state index is -1.07. The first kappa shape index (κ1) is 16.1. The van der Waals surface area contributed by atoms with Crippen molar-refractivity contribution in [2.75, 3.05) is 5.32 Å². The Kier molecular flexibility index (Phi) is 3.79. The summed E-state index contributed by atoms with van der Waals surface area (Å²) in [6, 6.07) is 1.25. The van der Waals surface area contributed by atoms with E-state index >= 15 is 0 Å². The lowest BCUT2D eigenvalue weighted by molar-refractivity contribution is 0.547. The van der Waals surface area contributed by atoms with E-state index in [-0.39, 0.29) is 28.4 Å². The van der Waals surface area contributed by atoms with E-state index < -0.39 is 23.0 Å². The third-order valence-corrected chi connectivity index (χ3v) is 4.61. The Hall–Kier alpha value is -2.35. The maximum absolute atomic E-state index is 14.4. The zero-order chi connectivity index (χ0) is 17.7. The number of fused-ring (bicyclic) bond motifs is 1. The average Bonchev–Trinajstić information content (AvgIpc) is 3.28. The zero-order valence-corrected chi connectivity index (χ0v) is 13.9. The second-order valence-corrected chi connectivity index (χ2v) is 6.47. The fourth-order valence-electron chi connectivity index (χ4n) is 2.88. The van der Waals surface area contributed by atoms with Gasteiger partial charge in [-0.3, -0.25) is 0 Å². The number of hydrogen-bond acceptors (Lipinski definition) is 4. The quantitative estimate of drug-likeness (QED) is 0.706. The highest BCUT2D eigenvalue weighted by Gasteiger charge is 2.31. The van der Waals surface area contributed by atoms with Gasteiger partial charge in [0.1, 0.15) is 34.7 Å². The van der Waals surface area contributed by atoms with Gasteiger partial charge in [-0.25, -0.2) is 13.2 Å². The Morgan fingerprint density at radius 2 is 1.88 bits per heavy atom. The largest absolute Gasteiger partial charge is 0.367 e. The van der Waals surface area contributed by atoms with Crippen molar-refractivity contribution in [3.63, 3.8) is 0 Å². The third-order valence-electron chi connectivity index (χ3n) is 4.33. The third kappa shape index (κ3) is 2.80. The van der Waals surface area contributed by atoms with E-state index in [1.807, 2.05) is 6.92 Å². The summed E-state index contributed by atoms with van der Waals surface area (Å²) in [7, 11) is 0. The van der Waals surface area contributed by atoms with Gasteiger partial charge in [-0.1, -0.05) is 11.6 Å². The van der Waals surface area contributed by atoms with Crippen molar-refractivity contribution in [1.29, 1.82) is 0 Å². The molecule has 2 heterocycles. The molecule has 0 aliphatic heterocycles. The molecule has 0 unspecified atom stereocenters. The maximum Gasteiger partial charge on any atom is 0.255 e. The van der Waals surface area contributed by atoms with Gasteiger partial charge in [0.05, 0.1) is 11.1 Å². The Morgan fingerprint density at radius 1 is 1.20 bits per heavy atom. The van der Waals surface area contributed by atoms with Gasteiger partial charge in [0.25, 0.3) is 5.78 Å². The molecule has 25 heavy (non-hydrogen) atoms. The monoisotopic (exact) mass is 367 g/mol. The maximum atomic E-state index is 14.4. The summed E-state index contributed by atoms with van der Waals surface area (Å²) in [5.41, 5.74) is -0.469. The van der Waals surface area contributed by atoms with Crippen LogP contribution in [-0.4, -0.2) is 25.6 Å². The molecule has 3 aromatic rings. The lowest BCUT2D eigenvalue weighted by Crippen LogP contribution is -2.21. The van der Waals surface area contributed by atoms with E-state index in [4.69, 9.17) is 11.6 Å². The highest BCUT2D eigenvalue weighted by Crippen LogP contribution is 2.40. The van der Waals surface area contributed by atoms with Gasteiger partial charge in [0.2, 0.25) is 0 Å². The summed E-state index contributed by atoms with van der Waals surface area (Å²) in [5, 5.41) is 7.13. The van der Waals surface area contributed by atoms with Gasteiger partial charge in [0.15, 0.2) is 0 Å². The van der Waals surface area contributed by atoms with E-state index in [0.717, 1.165) is 12.8 Å². The first-order chi connectivity index (χ1) is 12.0. The molecule has 0 radical (unpaired) electrons. The second kappa shape index (κ2) is 5.87. The number of hydrogen-bond donors (Lipinski definition) is 1. The smallest absolute Gasteiger partial charge is 0.255 e. The number of halogens is 4. The second-order valence-electron chi connectivity index (χ2n) is 6.11. The fraction of sp³-hybridized carbons (Fsp3) is 0.312. The molecule has 1 aliphatic rings. The number of nitrogens with one attached hydrogen (secondary N) is 1. The number of aromatic nitrogens is 4. The molecule has 5 nitrogen and oxygen atoms in total. The number of nitrogens with zero attached hydrogens (tertiary/aromatic N) is 4. The Balaban J connectivity index is 1.97. The van der Waals surface area contributed by atoms with Gasteiger partial charge >= 0.3 is 0 Å². The molecular formula is C16H13ClF3N5. The summed E-state index contributed by atoms with van der Waals surface area (Å²) in [6.45, 7) is 1.97. The predicted molar refractivity (Wildman–Crippen MR) is 86.9 cm³/mol. The molecule has 1 aromatic carbocycles. The van der Waals surface area contributed by atoms with Crippen molar-refractivity contribution < 1.29 is 13.2 Å². The van der Waals surface area contributed by atoms with Crippen LogP contribution in [0, 0.1) is 23.4 Å². The molecule has 1 saturated carbocycles. The van der Waals surface area contributed by atoms with Crippen LogP contribution in [0.1, 0.15) is 19.8 Å². The molecule has 0 saturated heterocycles. The first-order valence-electron chi connectivity index (χ1n) is 7.76. The first-order valence-corrected chi connectivity index (χ1v) is 8.14. The standard InChI is InChI=1S/C16H13ClF3N5/c1-7(8-2-3-8)23-15-13(12-10(19)4-9(18)5-11(12)20)14(17)24-16-21-6-22-25(15)16/h4-8,23H,2-3H2,1H3/t7-/m0/s1. The van der Waals surface area contributed by atoms with Gasteiger partial charge in [-0.15, -0.1) is 0 Å². The van der Waals surface area contributed by atoms with Crippen LogP contribution >= 0.6 is 11.6 Å². The summed E-state index contributed by atoms with van der Waals surface area (Å²) in [5.74, 6) is -2.21. The van der Waals surface area contributed by atoms with Crippen molar-refractivity contribution in [2.45, 2.75) is 25.8 Å². The van der Waals surface area contributed by atoms with Gasteiger partial charge in [0, 0.05) is 18.2 Å². The van der Waals surface area contributed by atoms with Crippen LogP contribution in [0.25, 0.3) is 16.9 Å². The lowest BCUT2D eigenvalue weighted by atomic mass is 10.1. The van der Waals surface area contributed by atoms with Crippen molar-refractivity contribution in [3.05, 3.63) is 41.1 Å². The molecule has 1 atom stereocenters. The number of benzene rings is 1. The minimum Gasteiger partial charge on any atom is -0.367 e. The van der Waals surface area contributed by atoms with Crippen LogP contribution in [0.15, 0.2) is 18.5 Å². The molecule has 1 fully saturated rings. The summed E-state index contributed by atoms with van der Waals surface area (Å²) < 4.78 is 43.3. The van der Waals surface area contributed by atoms with E-state index in [1.165, 1.54) is 10.8 Å². The van der Waals surface area contributed by atoms with Crippen molar-refractivity contribution in [3.8, 4) is 11.1 Å². The van der Waals surface area contributed by atoms with Gasteiger partial charge in [-0.05, 0) is 25.7 Å². The van der Waals surface area contributed by atoms with Crippen LogP contribution in [-0.2, 0) is 0 Å². The Morgan fingerprint density at radius 3 is 2.52 bits per heavy atom. The average molecular weight is 368 g/mol. The van der Waals surface area contributed by atoms with Crippen molar-refractivity contribution in [2.24, 2.45) is 5.92 Å². The molecule has 0 amide bonds. The molecule has 4 rings (SSSR count). The molecule has 9 heteroatoms. The normalized spacial score (nSPS) is 15.6. The van der Waals surface area contributed by atoms with Crippen LogP contribution in [0.4, 0.5) is 19.0 Å². The van der Waals surface area contributed by atoms with E-state index in [0.29, 0.717) is 18.1 Å². The summed E-state index contributed by atoms with van der Waals surface area (Å²) in [4.78, 5) is 8.00. The van der Waals surface area contributed by atoms with E-state index in [2.05, 4.69) is 20.4 Å². The van der Waals surface area contributed by atoms with Gasteiger partial charge < -0.3 is 5.32 Å². The van der Waals surface area contributed by atoms with Crippen LogP contribution in [0.5, 0.6) is 0 Å². The lowest BCUT2D eigenvalue weighted by Gasteiger charge is -2.19. The van der Waals surface area contributed by atoms with Crippen molar-refractivity contribution in [1.82, 2.24) is 19.6 Å². The summed E-state index contributed by atoms with van der Waals surface area (Å²) in [6.07, 6.45) is 3.41. The predicted octanol–water partition coefficient (Wildman–Crippen LogP) is 4.07. The molecule has 1 aliphatic carbocycles. The Labute approximate surface area is 145 Å². The highest BCUT2D eigenvalue weighted by atomic mass is 35.5. The SMILES string of the molecule is C[C@H](Nc1c(-c2c(F)cc(F)cc2F)c(Cl)nc2ncnn12)C1CC1. The Bertz CT molecular complexity index is 947. The molecule has 2 aromatic heterocycles. The van der Waals surface area contributed by atoms with Gasteiger partial charge in [-0.2, -0.15) is 19.6 Å². The molecule has 1 N–H and O–H groups in total. The molecular weight excluding hydrogens is 355 g/mol. The zero-order valence-electron chi connectivity index (χ0n) is 13.1. The molecule has 0 bridgehead atoms.